The fourth-order valence-corrected chi connectivity index (χ4v) is 2.93. The first-order chi connectivity index (χ1) is 15.0. The SMILES string of the molecule is Cc1ccc(-c2ccc(-c3ccc(CF)cc3)c(F)c2)cc1.FOc1ccc(F)cc1. The molecule has 0 N–H and O–H groups in total. The lowest BCUT2D eigenvalue weighted by Gasteiger charge is -2.08. The maximum absolute atomic E-state index is 14.4. The molecule has 0 saturated heterocycles. The molecule has 31 heavy (non-hydrogen) atoms. The molecular weight excluding hydrogens is 404 g/mol. The molecule has 0 aliphatic carbocycles. The van der Waals surface area contributed by atoms with E-state index >= 15 is 0 Å². The molecule has 0 bridgehead atoms. The van der Waals surface area contributed by atoms with Crippen molar-refractivity contribution >= 4 is 0 Å². The van der Waals surface area contributed by atoms with E-state index < -0.39 is 12.5 Å². The van der Waals surface area contributed by atoms with Gasteiger partial charge >= 0.3 is 0 Å². The van der Waals surface area contributed by atoms with Crippen LogP contribution in [-0.4, -0.2) is 0 Å². The average Bonchev–Trinajstić information content (AvgIpc) is 2.80. The van der Waals surface area contributed by atoms with Crippen LogP contribution in [0.15, 0.2) is 91.0 Å². The quantitative estimate of drug-likeness (QED) is 0.301. The van der Waals surface area contributed by atoms with Gasteiger partial charge in [0.15, 0.2) is 5.75 Å². The van der Waals surface area contributed by atoms with E-state index in [1.54, 1.807) is 36.4 Å². The van der Waals surface area contributed by atoms with E-state index in [-0.39, 0.29) is 11.6 Å². The van der Waals surface area contributed by atoms with Gasteiger partial charge in [0.2, 0.25) is 0 Å². The molecule has 0 saturated carbocycles. The van der Waals surface area contributed by atoms with E-state index in [0.717, 1.165) is 28.8 Å². The van der Waals surface area contributed by atoms with Crippen LogP contribution in [-0.2, 0) is 6.67 Å². The molecule has 4 aromatic carbocycles. The molecule has 0 aliphatic rings. The van der Waals surface area contributed by atoms with Crippen LogP contribution in [0, 0.1) is 18.6 Å². The van der Waals surface area contributed by atoms with Crippen molar-refractivity contribution in [3.63, 3.8) is 0 Å². The summed E-state index contributed by atoms with van der Waals surface area (Å²) < 4.78 is 50.2. The van der Waals surface area contributed by atoms with Crippen LogP contribution < -0.4 is 4.94 Å². The summed E-state index contributed by atoms with van der Waals surface area (Å²) in [6.07, 6.45) is 0. The molecule has 0 fully saturated rings. The summed E-state index contributed by atoms with van der Waals surface area (Å²) in [6, 6.07) is 24.7. The summed E-state index contributed by atoms with van der Waals surface area (Å²) in [6.45, 7) is 1.52. The molecule has 0 unspecified atom stereocenters. The highest BCUT2D eigenvalue weighted by Gasteiger charge is 2.07. The van der Waals surface area contributed by atoms with Crippen LogP contribution in [0.3, 0.4) is 0 Å². The third-order valence-corrected chi connectivity index (χ3v) is 4.68. The second-order valence-corrected chi connectivity index (χ2v) is 6.92. The van der Waals surface area contributed by atoms with E-state index in [4.69, 9.17) is 0 Å². The second-order valence-electron chi connectivity index (χ2n) is 6.92. The van der Waals surface area contributed by atoms with Gasteiger partial charge in [-0.25, -0.2) is 13.2 Å². The molecule has 0 spiro atoms. The maximum Gasteiger partial charge on any atom is 0.172 e. The number of hydrogen-bond acceptors (Lipinski definition) is 1. The third-order valence-electron chi connectivity index (χ3n) is 4.68. The molecular formula is C26H20F4O. The fourth-order valence-electron chi connectivity index (χ4n) is 2.93. The van der Waals surface area contributed by atoms with Gasteiger partial charge in [0, 0.05) is 10.1 Å². The highest BCUT2D eigenvalue weighted by atomic mass is 19.3. The summed E-state index contributed by atoms with van der Waals surface area (Å²) in [4.78, 5) is 3.30. The van der Waals surface area contributed by atoms with Crippen molar-refractivity contribution in [2.45, 2.75) is 13.6 Å². The van der Waals surface area contributed by atoms with E-state index in [1.807, 2.05) is 37.3 Å². The molecule has 4 rings (SSSR count). The number of benzene rings is 4. The van der Waals surface area contributed by atoms with Crippen molar-refractivity contribution in [2.24, 2.45) is 0 Å². The lowest BCUT2D eigenvalue weighted by Crippen LogP contribution is -1.87. The third kappa shape index (κ3) is 5.95. The van der Waals surface area contributed by atoms with Crippen LogP contribution in [0.2, 0.25) is 0 Å². The van der Waals surface area contributed by atoms with E-state index in [2.05, 4.69) is 4.94 Å². The zero-order chi connectivity index (χ0) is 22.2. The Hall–Kier alpha value is -3.60. The zero-order valence-corrected chi connectivity index (χ0v) is 16.8. The molecule has 0 amide bonds. The van der Waals surface area contributed by atoms with E-state index in [9.17, 15) is 17.7 Å². The fraction of sp³-hybridized carbons (Fsp3) is 0.0769. The van der Waals surface area contributed by atoms with Crippen molar-refractivity contribution in [1.82, 2.24) is 0 Å². The van der Waals surface area contributed by atoms with Crippen molar-refractivity contribution in [3.8, 4) is 28.0 Å². The predicted octanol–water partition coefficient (Wildman–Crippen LogP) is 8.03. The normalized spacial score (nSPS) is 10.2. The Morgan fingerprint density at radius 2 is 1.26 bits per heavy atom. The maximum atomic E-state index is 14.4. The molecule has 0 aliphatic heterocycles. The Morgan fingerprint density at radius 1 is 0.677 bits per heavy atom. The Balaban J connectivity index is 0.000000254. The van der Waals surface area contributed by atoms with Gasteiger partial charge in [-0.2, -0.15) is 0 Å². The minimum Gasteiger partial charge on any atom is -0.294 e. The Labute approximate surface area is 178 Å². The van der Waals surface area contributed by atoms with Gasteiger partial charge in [-0.15, -0.1) is 0 Å². The largest absolute Gasteiger partial charge is 0.294 e. The van der Waals surface area contributed by atoms with Gasteiger partial charge in [-0.3, -0.25) is 4.94 Å². The minimum absolute atomic E-state index is 0.0106. The summed E-state index contributed by atoms with van der Waals surface area (Å²) in [7, 11) is 0. The van der Waals surface area contributed by atoms with Crippen LogP contribution in [0.5, 0.6) is 5.75 Å². The second kappa shape index (κ2) is 10.4. The summed E-state index contributed by atoms with van der Waals surface area (Å²) in [5.74, 6) is -0.668. The lowest BCUT2D eigenvalue weighted by atomic mass is 9.98. The van der Waals surface area contributed by atoms with Crippen molar-refractivity contribution < 1.29 is 22.6 Å². The highest BCUT2D eigenvalue weighted by Crippen LogP contribution is 2.28. The molecule has 0 aromatic heterocycles. The first kappa shape index (κ1) is 22.1. The Bertz CT molecular complexity index is 1110. The Kier molecular flexibility index (Phi) is 7.44. The number of aryl methyl sites for hydroxylation is 1. The van der Waals surface area contributed by atoms with Gasteiger partial charge in [0.25, 0.3) is 0 Å². The predicted molar refractivity (Wildman–Crippen MR) is 115 cm³/mol. The molecule has 5 heteroatoms. The summed E-state index contributed by atoms with van der Waals surface area (Å²) in [5.41, 5.74) is 4.89. The number of halogens is 4. The molecule has 1 nitrogen and oxygen atoms in total. The van der Waals surface area contributed by atoms with Crippen LogP contribution in [0.4, 0.5) is 17.7 Å². The number of alkyl halides is 1. The van der Waals surface area contributed by atoms with Crippen LogP contribution >= 0.6 is 0 Å². The monoisotopic (exact) mass is 424 g/mol. The topological polar surface area (TPSA) is 9.23 Å². The lowest BCUT2D eigenvalue weighted by molar-refractivity contribution is -0.00628. The van der Waals surface area contributed by atoms with E-state index in [1.165, 1.54) is 17.7 Å². The van der Waals surface area contributed by atoms with Crippen LogP contribution in [0.25, 0.3) is 22.3 Å². The smallest absolute Gasteiger partial charge is 0.172 e. The summed E-state index contributed by atoms with van der Waals surface area (Å²) in [5, 5.41) is 0. The first-order valence-electron chi connectivity index (χ1n) is 9.56. The molecule has 4 aromatic rings. The van der Waals surface area contributed by atoms with Crippen LogP contribution in [0.1, 0.15) is 11.1 Å². The number of hydrogen-bond donors (Lipinski definition) is 0. The summed E-state index contributed by atoms with van der Waals surface area (Å²) >= 11 is 0. The van der Waals surface area contributed by atoms with Crippen molar-refractivity contribution in [2.75, 3.05) is 0 Å². The van der Waals surface area contributed by atoms with Gasteiger partial charge in [-0.05, 0) is 59.5 Å². The van der Waals surface area contributed by atoms with E-state index in [0.29, 0.717) is 11.1 Å². The minimum atomic E-state index is -0.505. The number of rotatable bonds is 4. The first-order valence-corrected chi connectivity index (χ1v) is 9.56. The Morgan fingerprint density at radius 3 is 1.81 bits per heavy atom. The standard InChI is InChI=1S/C20H16F2.C6H4F2O/c1-14-2-6-16(7-3-14)18-10-11-19(20(22)12-18)17-8-4-15(13-21)5-9-17;7-5-1-3-6(9-8)4-2-5/h2-12H,13H2,1H3;1-4H. The molecule has 158 valence electrons. The molecule has 0 heterocycles. The highest BCUT2D eigenvalue weighted by molar-refractivity contribution is 5.71. The van der Waals surface area contributed by atoms with Gasteiger partial charge in [0.1, 0.15) is 18.3 Å². The van der Waals surface area contributed by atoms with Gasteiger partial charge < -0.3 is 0 Å². The average molecular weight is 424 g/mol. The van der Waals surface area contributed by atoms with Gasteiger partial charge in [0.05, 0.1) is 0 Å². The zero-order valence-electron chi connectivity index (χ0n) is 16.8. The molecule has 0 radical (unpaired) electrons. The molecule has 0 atom stereocenters. The van der Waals surface area contributed by atoms with Gasteiger partial charge in [-0.1, -0.05) is 66.2 Å². The van der Waals surface area contributed by atoms with Crippen molar-refractivity contribution in [3.05, 3.63) is 114 Å². The van der Waals surface area contributed by atoms with Crippen molar-refractivity contribution in [1.29, 1.82) is 0 Å².